The Morgan fingerprint density at radius 3 is 2.57 bits per heavy atom. The van der Waals surface area contributed by atoms with Crippen LogP contribution in [0.3, 0.4) is 0 Å². The fourth-order valence-electron chi connectivity index (χ4n) is 3.20. The number of hydrogen-bond donors (Lipinski definition) is 1. The standard InChI is InChI=1S/C22H19N5O3/c1-25-12-6-11-20(25)19-14-21(22(28)23-15-16-7-3-2-4-8-16)26(24-19)17-9-5-10-18(13-17)27(29)30/h2-14H,15H2,1H3,(H,23,28). The van der Waals surface area contributed by atoms with Crippen molar-refractivity contribution in [3.8, 4) is 17.1 Å². The van der Waals surface area contributed by atoms with Crippen LogP contribution in [0.2, 0.25) is 0 Å². The molecule has 0 fully saturated rings. The summed E-state index contributed by atoms with van der Waals surface area (Å²) in [6.07, 6.45) is 1.89. The molecule has 1 amide bonds. The fraction of sp³-hybridized carbons (Fsp3) is 0.0909. The number of benzene rings is 2. The van der Waals surface area contributed by atoms with Gasteiger partial charge in [0.2, 0.25) is 0 Å². The van der Waals surface area contributed by atoms with Gasteiger partial charge < -0.3 is 9.88 Å². The van der Waals surface area contributed by atoms with Crippen LogP contribution in [0.4, 0.5) is 5.69 Å². The molecule has 30 heavy (non-hydrogen) atoms. The highest BCUT2D eigenvalue weighted by molar-refractivity contribution is 5.94. The van der Waals surface area contributed by atoms with Crippen molar-refractivity contribution in [3.63, 3.8) is 0 Å². The normalized spacial score (nSPS) is 10.7. The Kier molecular flexibility index (Phi) is 5.13. The van der Waals surface area contributed by atoms with Crippen LogP contribution in [0.15, 0.2) is 79.0 Å². The Hall–Kier alpha value is -4.20. The predicted molar refractivity (Wildman–Crippen MR) is 112 cm³/mol. The highest BCUT2D eigenvalue weighted by Gasteiger charge is 2.20. The minimum absolute atomic E-state index is 0.0703. The van der Waals surface area contributed by atoms with E-state index in [1.54, 1.807) is 18.2 Å². The molecule has 0 aliphatic carbocycles. The van der Waals surface area contributed by atoms with Gasteiger partial charge in [-0.2, -0.15) is 5.10 Å². The van der Waals surface area contributed by atoms with Gasteiger partial charge in [-0.25, -0.2) is 4.68 Å². The molecular formula is C22H19N5O3. The van der Waals surface area contributed by atoms with E-state index in [4.69, 9.17) is 0 Å². The summed E-state index contributed by atoms with van der Waals surface area (Å²) in [5.74, 6) is -0.321. The van der Waals surface area contributed by atoms with Crippen molar-refractivity contribution < 1.29 is 9.72 Å². The first kappa shape index (κ1) is 19.1. The number of hydrogen-bond acceptors (Lipinski definition) is 4. The summed E-state index contributed by atoms with van der Waals surface area (Å²) < 4.78 is 3.33. The maximum Gasteiger partial charge on any atom is 0.271 e. The molecule has 150 valence electrons. The lowest BCUT2D eigenvalue weighted by Gasteiger charge is -2.08. The van der Waals surface area contributed by atoms with Crippen molar-refractivity contribution in [2.24, 2.45) is 7.05 Å². The Bertz CT molecular complexity index is 1210. The molecule has 0 bridgehead atoms. The molecule has 1 N–H and O–H groups in total. The van der Waals surface area contributed by atoms with Gasteiger partial charge in [0.05, 0.1) is 16.3 Å². The summed E-state index contributed by atoms with van der Waals surface area (Å²) in [5.41, 5.74) is 3.06. The van der Waals surface area contributed by atoms with Gasteiger partial charge in [0.15, 0.2) is 0 Å². The topological polar surface area (TPSA) is 95.0 Å². The zero-order valence-corrected chi connectivity index (χ0v) is 16.2. The third kappa shape index (κ3) is 3.83. The molecule has 8 nitrogen and oxygen atoms in total. The van der Waals surface area contributed by atoms with Crippen molar-refractivity contribution in [3.05, 3.63) is 100 Å². The number of nitro groups is 1. The Morgan fingerprint density at radius 2 is 1.87 bits per heavy atom. The van der Waals surface area contributed by atoms with E-state index in [-0.39, 0.29) is 11.6 Å². The van der Waals surface area contributed by atoms with Crippen LogP contribution in [-0.2, 0) is 13.6 Å². The third-order valence-electron chi connectivity index (χ3n) is 4.73. The number of rotatable bonds is 6. The van der Waals surface area contributed by atoms with E-state index in [0.29, 0.717) is 23.6 Å². The van der Waals surface area contributed by atoms with Crippen LogP contribution in [0.25, 0.3) is 17.1 Å². The maximum atomic E-state index is 13.0. The van der Waals surface area contributed by atoms with Crippen molar-refractivity contribution in [2.45, 2.75) is 6.54 Å². The molecule has 2 aromatic heterocycles. The summed E-state index contributed by atoms with van der Waals surface area (Å²) >= 11 is 0. The number of aromatic nitrogens is 3. The van der Waals surface area contributed by atoms with Gasteiger partial charge in [-0.15, -0.1) is 0 Å². The number of nitrogens with one attached hydrogen (secondary N) is 1. The fourth-order valence-corrected chi connectivity index (χ4v) is 3.20. The monoisotopic (exact) mass is 401 g/mol. The molecule has 4 aromatic rings. The summed E-state index contributed by atoms with van der Waals surface area (Å²) in [6.45, 7) is 0.360. The molecule has 0 saturated heterocycles. The second-order valence-corrected chi connectivity index (χ2v) is 6.78. The zero-order valence-electron chi connectivity index (χ0n) is 16.2. The SMILES string of the molecule is Cn1cccc1-c1cc(C(=O)NCc2ccccc2)n(-c2cccc([N+](=O)[O-])c2)n1. The lowest BCUT2D eigenvalue weighted by molar-refractivity contribution is -0.384. The van der Waals surface area contributed by atoms with E-state index in [9.17, 15) is 14.9 Å². The van der Waals surface area contributed by atoms with Gasteiger partial charge in [0, 0.05) is 31.9 Å². The molecular weight excluding hydrogens is 382 g/mol. The van der Waals surface area contributed by atoms with Crippen LogP contribution < -0.4 is 5.32 Å². The zero-order chi connectivity index (χ0) is 21.1. The molecule has 0 spiro atoms. The number of carbonyl (C=O) groups excluding carboxylic acids is 1. The molecule has 4 rings (SSSR count). The van der Waals surface area contributed by atoms with E-state index in [1.807, 2.05) is 60.3 Å². The quantitative estimate of drug-likeness (QED) is 0.393. The summed E-state index contributed by atoms with van der Waals surface area (Å²) in [5, 5.41) is 18.7. The Labute approximate surface area is 172 Å². The summed E-state index contributed by atoms with van der Waals surface area (Å²) in [4.78, 5) is 23.7. The highest BCUT2D eigenvalue weighted by Crippen LogP contribution is 2.24. The van der Waals surface area contributed by atoms with Crippen molar-refractivity contribution in [1.29, 1.82) is 0 Å². The summed E-state index contributed by atoms with van der Waals surface area (Å²) in [6, 6.07) is 21.1. The number of carbonyl (C=O) groups is 1. The largest absolute Gasteiger partial charge is 0.349 e. The minimum Gasteiger partial charge on any atom is -0.349 e. The van der Waals surface area contributed by atoms with E-state index >= 15 is 0 Å². The predicted octanol–water partition coefficient (Wildman–Crippen LogP) is 3.72. The van der Waals surface area contributed by atoms with E-state index in [1.165, 1.54) is 16.8 Å². The van der Waals surface area contributed by atoms with Crippen molar-refractivity contribution >= 4 is 11.6 Å². The number of amides is 1. The Balaban J connectivity index is 1.73. The lowest BCUT2D eigenvalue weighted by atomic mass is 10.2. The van der Waals surface area contributed by atoms with Crippen LogP contribution >= 0.6 is 0 Å². The van der Waals surface area contributed by atoms with E-state index < -0.39 is 4.92 Å². The van der Waals surface area contributed by atoms with Crippen molar-refractivity contribution in [1.82, 2.24) is 19.7 Å². The molecule has 8 heteroatoms. The van der Waals surface area contributed by atoms with Gasteiger partial charge in [-0.1, -0.05) is 36.4 Å². The van der Waals surface area contributed by atoms with Crippen LogP contribution in [0, 0.1) is 10.1 Å². The van der Waals surface area contributed by atoms with Gasteiger partial charge in [-0.05, 0) is 29.8 Å². The molecule has 0 aliphatic rings. The number of nitrogens with zero attached hydrogens (tertiary/aromatic N) is 4. The molecule has 0 atom stereocenters. The molecule has 0 aliphatic heterocycles. The molecule has 0 saturated carbocycles. The summed E-state index contributed by atoms with van der Waals surface area (Å²) in [7, 11) is 1.89. The number of nitro benzene ring substituents is 1. The second kappa shape index (κ2) is 8.04. The third-order valence-corrected chi connectivity index (χ3v) is 4.73. The minimum atomic E-state index is -0.472. The maximum absolute atomic E-state index is 13.0. The van der Waals surface area contributed by atoms with Gasteiger partial charge in [0.1, 0.15) is 11.4 Å². The Morgan fingerprint density at radius 1 is 1.07 bits per heavy atom. The first-order valence-corrected chi connectivity index (χ1v) is 9.31. The van der Waals surface area contributed by atoms with Gasteiger partial charge >= 0.3 is 0 Å². The van der Waals surface area contributed by atoms with Crippen LogP contribution in [-0.4, -0.2) is 25.2 Å². The average molecular weight is 401 g/mol. The molecule has 0 radical (unpaired) electrons. The number of aryl methyl sites for hydroxylation is 1. The van der Waals surface area contributed by atoms with E-state index in [0.717, 1.165) is 11.3 Å². The molecule has 2 heterocycles. The lowest BCUT2D eigenvalue weighted by Crippen LogP contribution is -2.25. The van der Waals surface area contributed by atoms with Crippen LogP contribution in [0.5, 0.6) is 0 Å². The van der Waals surface area contributed by atoms with Crippen molar-refractivity contribution in [2.75, 3.05) is 0 Å². The first-order chi connectivity index (χ1) is 14.5. The van der Waals surface area contributed by atoms with E-state index in [2.05, 4.69) is 10.4 Å². The molecule has 0 unspecified atom stereocenters. The molecule has 2 aromatic carbocycles. The average Bonchev–Trinajstić information content (AvgIpc) is 3.39. The van der Waals surface area contributed by atoms with Gasteiger partial charge in [0.25, 0.3) is 11.6 Å². The smallest absolute Gasteiger partial charge is 0.271 e. The highest BCUT2D eigenvalue weighted by atomic mass is 16.6. The first-order valence-electron chi connectivity index (χ1n) is 9.31. The number of non-ortho nitro benzene ring substituents is 1. The van der Waals surface area contributed by atoms with Crippen LogP contribution in [0.1, 0.15) is 16.1 Å². The second-order valence-electron chi connectivity index (χ2n) is 6.78. The van der Waals surface area contributed by atoms with Gasteiger partial charge in [-0.3, -0.25) is 14.9 Å².